The first-order valence-electron chi connectivity index (χ1n) is 7.26. The summed E-state index contributed by atoms with van der Waals surface area (Å²) in [6.45, 7) is 3.42. The fourth-order valence-electron chi connectivity index (χ4n) is 2.25. The van der Waals surface area contributed by atoms with Crippen molar-refractivity contribution in [2.24, 2.45) is 7.05 Å². The maximum Gasteiger partial charge on any atom is 0.340 e. The average Bonchev–Trinajstić information content (AvgIpc) is 3.25. The lowest BCUT2D eigenvalue weighted by Crippen LogP contribution is -2.37. The molecule has 7 nitrogen and oxygen atoms in total. The van der Waals surface area contributed by atoms with Crippen LogP contribution in [0.1, 0.15) is 35.8 Å². The molecule has 3 rings (SSSR count). The van der Waals surface area contributed by atoms with Gasteiger partial charge >= 0.3 is 5.97 Å². The average molecular weight is 302 g/mol. The highest BCUT2D eigenvalue weighted by atomic mass is 16.5. The Bertz CT molecular complexity index is 749. The normalized spacial score (nSPS) is 15.6. The Balaban J connectivity index is 1.73. The van der Waals surface area contributed by atoms with Crippen molar-refractivity contribution >= 4 is 22.9 Å². The molecule has 1 N–H and O–H groups in total. The highest BCUT2D eigenvalue weighted by molar-refractivity contribution is 5.95. The molecule has 0 bridgehead atoms. The number of hydrogen-bond acceptors (Lipinski definition) is 5. The van der Waals surface area contributed by atoms with Crippen LogP contribution < -0.4 is 5.32 Å². The number of esters is 1. The van der Waals surface area contributed by atoms with Crippen molar-refractivity contribution in [1.82, 2.24) is 20.1 Å². The number of rotatable bonds is 4. The van der Waals surface area contributed by atoms with Crippen LogP contribution in [0.3, 0.4) is 0 Å². The number of aryl methyl sites for hydroxylation is 2. The number of aromatic nitrogens is 3. The number of nitrogens with zero attached hydrogens (tertiary/aromatic N) is 3. The number of pyridine rings is 1. The third-order valence-electron chi connectivity index (χ3n) is 3.68. The van der Waals surface area contributed by atoms with Crippen molar-refractivity contribution in [3.8, 4) is 0 Å². The first-order valence-corrected chi connectivity index (χ1v) is 7.26. The minimum absolute atomic E-state index is 0.240. The Morgan fingerprint density at radius 2 is 2.18 bits per heavy atom. The second-order valence-electron chi connectivity index (χ2n) is 5.63. The molecule has 1 atom stereocenters. The second-order valence-corrected chi connectivity index (χ2v) is 5.63. The molecule has 2 aromatic heterocycles. The summed E-state index contributed by atoms with van der Waals surface area (Å²) in [6.07, 6.45) is 2.61. The van der Waals surface area contributed by atoms with Gasteiger partial charge in [0.2, 0.25) is 0 Å². The van der Waals surface area contributed by atoms with Crippen molar-refractivity contribution in [3.63, 3.8) is 0 Å². The van der Waals surface area contributed by atoms with Gasteiger partial charge < -0.3 is 10.1 Å². The zero-order chi connectivity index (χ0) is 15.9. The van der Waals surface area contributed by atoms with Crippen molar-refractivity contribution in [2.75, 3.05) is 0 Å². The van der Waals surface area contributed by atoms with Crippen LogP contribution in [0, 0.1) is 6.92 Å². The van der Waals surface area contributed by atoms with Gasteiger partial charge in [0.05, 0.1) is 11.3 Å². The number of hydrogen-bond donors (Lipinski definition) is 1. The molecule has 1 aliphatic rings. The highest BCUT2D eigenvalue weighted by Crippen LogP contribution is 2.19. The largest absolute Gasteiger partial charge is 0.449 e. The molecular formula is C15H18N4O3. The predicted octanol–water partition coefficient (Wildman–Crippen LogP) is 1.10. The van der Waals surface area contributed by atoms with Gasteiger partial charge in [-0.2, -0.15) is 5.10 Å². The van der Waals surface area contributed by atoms with E-state index in [2.05, 4.69) is 15.4 Å². The summed E-state index contributed by atoms with van der Waals surface area (Å²) in [7, 11) is 1.80. The Morgan fingerprint density at radius 1 is 1.45 bits per heavy atom. The molecule has 1 aliphatic carbocycles. The van der Waals surface area contributed by atoms with E-state index in [1.54, 1.807) is 24.7 Å². The Labute approximate surface area is 127 Å². The van der Waals surface area contributed by atoms with Gasteiger partial charge in [0, 0.05) is 24.7 Å². The zero-order valence-electron chi connectivity index (χ0n) is 12.8. The van der Waals surface area contributed by atoms with Gasteiger partial charge in [0.1, 0.15) is 0 Å². The molecule has 2 aromatic rings. The lowest BCUT2D eigenvalue weighted by atomic mass is 10.2. The van der Waals surface area contributed by atoms with Crippen LogP contribution in [-0.4, -0.2) is 38.8 Å². The summed E-state index contributed by atoms with van der Waals surface area (Å²) >= 11 is 0. The van der Waals surface area contributed by atoms with Gasteiger partial charge in [-0.1, -0.05) is 0 Å². The van der Waals surface area contributed by atoms with Crippen molar-refractivity contribution < 1.29 is 14.3 Å². The Hall–Kier alpha value is -2.44. The van der Waals surface area contributed by atoms with E-state index < -0.39 is 12.1 Å². The third kappa shape index (κ3) is 2.79. The quantitative estimate of drug-likeness (QED) is 0.855. The summed E-state index contributed by atoms with van der Waals surface area (Å²) in [6, 6.07) is 1.93. The number of amides is 1. The van der Waals surface area contributed by atoms with E-state index in [4.69, 9.17) is 4.74 Å². The van der Waals surface area contributed by atoms with Gasteiger partial charge in [-0.05, 0) is 32.8 Å². The lowest BCUT2D eigenvalue weighted by molar-refractivity contribution is -0.129. The van der Waals surface area contributed by atoms with Crippen LogP contribution in [0.5, 0.6) is 0 Å². The summed E-state index contributed by atoms with van der Waals surface area (Å²) in [4.78, 5) is 28.2. The van der Waals surface area contributed by atoms with E-state index >= 15 is 0 Å². The fourth-order valence-corrected chi connectivity index (χ4v) is 2.25. The number of carbonyl (C=O) groups is 2. The first-order chi connectivity index (χ1) is 10.5. The van der Waals surface area contributed by atoms with E-state index in [1.165, 1.54) is 6.20 Å². The molecule has 22 heavy (non-hydrogen) atoms. The molecule has 7 heteroatoms. The van der Waals surface area contributed by atoms with Gasteiger partial charge in [0.25, 0.3) is 5.91 Å². The van der Waals surface area contributed by atoms with E-state index in [0.717, 1.165) is 23.9 Å². The van der Waals surface area contributed by atoms with E-state index in [0.29, 0.717) is 11.2 Å². The predicted molar refractivity (Wildman–Crippen MR) is 79.3 cm³/mol. The lowest BCUT2D eigenvalue weighted by Gasteiger charge is -2.13. The molecule has 1 fully saturated rings. The first kappa shape index (κ1) is 14.5. The molecular weight excluding hydrogens is 284 g/mol. The molecule has 0 radical (unpaired) electrons. The van der Waals surface area contributed by atoms with E-state index in [9.17, 15) is 9.59 Å². The molecule has 116 valence electrons. The third-order valence-corrected chi connectivity index (χ3v) is 3.68. The highest BCUT2D eigenvalue weighted by Gasteiger charge is 2.27. The number of carbonyl (C=O) groups excluding carboxylic acids is 2. The number of fused-ring (bicyclic) bond motifs is 1. The standard InChI is InChI=1S/C15H18N4O3/c1-8-12-6-10(7-16-13(12)19(3)18-8)15(21)22-9(2)14(20)17-11-4-5-11/h6-7,9,11H,4-5H2,1-3H3,(H,17,20). The molecule has 0 spiro atoms. The molecule has 1 unspecified atom stereocenters. The van der Waals surface area contributed by atoms with E-state index in [1.807, 2.05) is 6.92 Å². The maximum atomic E-state index is 12.2. The molecule has 0 saturated heterocycles. The van der Waals surface area contributed by atoms with Crippen molar-refractivity contribution in [2.45, 2.75) is 38.8 Å². The summed E-state index contributed by atoms with van der Waals surface area (Å²) < 4.78 is 6.86. The second kappa shape index (κ2) is 5.40. The van der Waals surface area contributed by atoms with Crippen molar-refractivity contribution in [1.29, 1.82) is 0 Å². The van der Waals surface area contributed by atoms with Crippen LogP contribution in [0.2, 0.25) is 0 Å². The van der Waals surface area contributed by atoms with Crippen LogP contribution >= 0.6 is 0 Å². The summed E-state index contributed by atoms with van der Waals surface area (Å²) in [5.74, 6) is -0.821. The van der Waals surface area contributed by atoms with E-state index in [-0.39, 0.29) is 11.9 Å². The summed E-state index contributed by atoms with van der Waals surface area (Å²) in [5.41, 5.74) is 1.81. The molecule has 1 amide bonds. The van der Waals surface area contributed by atoms with Gasteiger partial charge in [-0.25, -0.2) is 9.78 Å². The monoisotopic (exact) mass is 302 g/mol. The summed E-state index contributed by atoms with van der Waals surface area (Å²) in [5, 5.41) is 7.86. The molecule has 1 saturated carbocycles. The number of ether oxygens (including phenoxy) is 1. The molecule has 0 aromatic carbocycles. The SMILES string of the molecule is Cc1nn(C)c2ncc(C(=O)OC(C)C(=O)NC3CC3)cc12. The minimum Gasteiger partial charge on any atom is -0.449 e. The minimum atomic E-state index is -0.821. The van der Waals surface area contributed by atoms with Gasteiger partial charge in [0.15, 0.2) is 11.8 Å². The fraction of sp³-hybridized carbons (Fsp3) is 0.467. The van der Waals surface area contributed by atoms with Crippen LogP contribution in [0.4, 0.5) is 0 Å². The van der Waals surface area contributed by atoms with Crippen molar-refractivity contribution in [3.05, 3.63) is 23.5 Å². The van der Waals surface area contributed by atoms with Crippen LogP contribution in [0.15, 0.2) is 12.3 Å². The number of nitrogens with one attached hydrogen (secondary N) is 1. The van der Waals surface area contributed by atoms with Crippen LogP contribution in [0.25, 0.3) is 11.0 Å². The molecule has 0 aliphatic heterocycles. The maximum absolute atomic E-state index is 12.2. The smallest absolute Gasteiger partial charge is 0.340 e. The van der Waals surface area contributed by atoms with Gasteiger partial charge in [-0.3, -0.25) is 9.48 Å². The zero-order valence-corrected chi connectivity index (χ0v) is 12.8. The van der Waals surface area contributed by atoms with Gasteiger partial charge in [-0.15, -0.1) is 0 Å². The molecule has 2 heterocycles. The topological polar surface area (TPSA) is 86.1 Å². The Morgan fingerprint density at radius 3 is 2.86 bits per heavy atom. The van der Waals surface area contributed by atoms with Crippen LogP contribution in [-0.2, 0) is 16.6 Å². The Kier molecular flexibility index (Phi) is 3.56.